The van der Waals surface area contributed by atoms with Crippen LogP contribution in [0, 0.1) is 0 Å². The van der Waals surface area contributed by atoms with Gasteiger partial charge in [-0.05, 0) is 61.6 Å². The number of benzene rings is 1. The third kappa shape index (κ3) is 3.38. The molecule has 0 unspecified atom stereocenters. The number of halogens is 1. The largest absolute Gasteiger partial charge is 0.343 e. The molecule has 0 N–H and O–H groups in total. The van der Waals surface area contributed by atoms with E-state index in [-0.39, 0.29) is 17.1 Å². The molecule has 2 aliphatic heterocycles. The fourth-order valence-electron chi connectivity index (χ4n) is 5.46. The Bertz CT molecular complexity index is 1380. The van der Waals surface area contributed by atoms with Gasteiger partial charge in [-0.3, -0.25) is 9.78 Å². The van der Waals surface area contributed by atoms with E-state index in [1.54, 1.807) is 16.7 Å². The molecule has 1 spiro atoms. The van der Waals surface area contributed by atoms with Gasteiger partial charge in [0.25, 0.3) is 0 Å². The zero-order chi connectivity index (χ0) is 22.8. The van der Waals surface area contributed by atoms with E-state index in [4.69, 9.17) is 11.6 Å². The number of fused-ring (bicyclic) bond motifs is 3. The molecule has 4 heterocycles. The number of carbonyl (C=O) groups excluding carboxylic acids is 1. The minimum Gasteiger partial charge on any atom is -0.343 e. The molecular weight excluding hydrogens is 460 g/mol. The van der Waals surface area contributed by atoms with Crippen molar-refractivity contribution >= 4 is 44.1 Å². The molecule has 1 saturated carbocycles. The van der Waals surface area contributed by atoms with Gasteiger partial charge in [-0.15, -0.1) is 0 Å². The van der Waals surface area contributed by atoms with Crippen LogP contribution in [-0.2, 0) is 33.3 Å². The summed E-state index contributed by atoms with van der Waals surface area (Å²) in [4.78, 5) is 19.5. The number of nitrogens with zero attached hydrogens (tertiary/aromatic N) is 4. The first-order valence-electron chi connectivity index (χ1n) is 11.4. The molecule has 1 saturated heterocycles. The molecule has 9 heteroatoms. The SMILES string of the molecule is O=C1N(Cc2cc3cc(Cl)ccc3n2CCCN2CCCS2(=O)=O)c2cnccc2C12CC2. The third-order valence-electron chi connectivity index (χ3n) is 7.27. The summed E-state index contributed by atoms with van der Waals surface area (Å²) in [7, 11) is -3.11. The maximum atomic E-state index is 13.4. The van der Waals surface area contributed by atoms with Crippen LogP contribution < -0.4 is 4.90 Å². The van der Waals surface area contributed by atoms with E-state index in [2.05, 4.69) is 15.6 Å². The summed E-state index contributed by atoms with van der Waals surface area (Å²) >= 11 is 6.25. The van der Waals surface area contributed by atoms with Gasteiger partial charge in [0.05, 0.1) is 29.6 Å². The van der Waals surface area contributed by atoms with Crippen LogP contribution in [0.15, 0.2) is 42.7 Å². The van der Waals surface area contributed by atoms with Crippen LogP contribution in [0.25, 0.3) is 10.9 Å². The summed E-state index contributed by atoms with van der Waals surface area (Å²) in [5.41, 5.74) is 3.68. The van der Waals surface area contributed by atoms with E-state index in [0.717, 1.165) is 40.7 Å². The van der Waals surface area contributed by atoms with E-state index < -0.39 is 10.0 Å². The summed E-state index contributed by atoms with van der Waals surface area (Å²) in [5, 5.41) is 1.68. The number of anilines is 1. The highest BCUT2D eigenvalue weighted by Gasteiger charge is 2.59. The second-order valence-electron chi connectivity index (χ2n) is 9.28. The van der Waals surface area contributed by atoms with Gasteiger partial charge in [0.15, 0.2) is 0 Å². The fraction of sp³-hybridized carbons (Fsp3) is 0.417. The Labute approximate surface area is 198 Å². The lowest BCUT2D eigenvalue weighted by atomic mass is 9.99. The second-order valence-corrected chi connectivity index (χ2v) is 11.8. The average molecular weight is 485 g/mol. The molecule has 0 radical (unpaired) electrons. The minimum absolute atomic E-state index is 0.156. The molecule has 6 rings (SSSR count). The Hall–Kier alpha value is -2.42. The van der Waals surface area contributed by atoms with Crippen LogP contribution in [0.3, 0.4) is 0 Å². The van der Waals surface area contributed by atoms with E-state index in [1.807, 2.05) is 29.2 Å². The molecule has 3 aliphatic rings. The van der Waals surface area contributed by atoms with Gasteiger partial charge in [-0.25, -0.2) is 12.7 Å². The monoisotopic (exact) mass is 484 g/mol. The molecule has 1 amide bonds. The molecule has 1 aliphatic carbocycles. The average Bonchev–Trinajstić information content (AvgIpc) is 3.37. The van der Waals surface area contributed by atoms with Gasteiger partial charge < -0.3 is 9.47 Å². The molecule has 2 fully saturated rings. The maximum Gasteiger partial charge on any atom is 0.238 e. The molecule has 1 aromatic carbocycles. The number of aromatic nitrogens is 2. The van der Waals surface area contributed by atoms with Crippen LogP contribution in [0.2, 0.25) is 5.02 Å². The lowest BCUT2D eigenvalue weighted by Gasteiger charge is -2.20. The van der Waals surface area contributed by atoms with Crippen LogP contribution in [0.4, 0.5) is 5.69 Å². The molecule has 7 nitrogen and oxygen atoms in total. The molecule has 0 atom stereocenters. The van der Waals surface area contributed by atoms with Crippen LogP contribution in [0.5, 0.6) is 0 Å². The van der Waals surface area contributed by atoms with E-state index in [1.165, 1.54) is 0 Å². The lowest BCUT2D eigenvalue weighted by Crippen LogP contribution is -2.32. The van der Waals surface area contributed by atoms with Crippen LogP contribution in [0.1, 0.15) is 36.9 Å². The zero-order valence-electron chi connectivity index (χ0n) is 18.2. The van der Waals surface area contributed by atoms with E-state index in [9.17, 15) is 13.2 Å². The third-order valence-corrected chi connectivity index (χ3v) is 9.46. The Morgan fingerprint density at radius 1 is 1.12 bits per heavy atom. The number of hydrogen-bond acceptors (Lipinski definition) is 4. The minimum atomic E-state index is -3.11. The number of rotatable bonds is 6. The summed E-state index contributed by atoms with van der Waals surface area (Å²) in [6.45, 7) is 2.23. The fourth-order valence-corrected chi connectivity index (χ4v) is 7.20. The van der Waals surface area contributed by atoms with Crippen LogP contribution >= 0.6 is 11.6 Å². The maximum absolute atomic E-state index is 13.4. The van der Waals surface area contributed by atoms with Crippen molar-refractivity contribution in [3.8, 4) is 0 Å². The topological polar surface area (TPSA) is 75.5 Å². The van der Waals surface area contributed by atoms with Gasteiger partial charge in [0.2, 0.25) is 15.9 Å². The first-order valence-corrected chi connectivity index (χ1v) is 13.4. The Morgan fingerprint density at radius 3 is 2.73 bits per heavy atom. The zero-order valence-corrected chi connectivity index (χ0v) is 19.8. The van der Waals surface area contributed by atoms with Crippen LogP contribution in [-0.4, -0.2) is 47.0 Å². The van der Waals surface area contributed by atoms with Crippen molar-refractivity contribution in [3.63, 3.8) is 0 Å². The van der Waals surface area contributed by atoms with Gasteiger partial charge in [-0.2, -0.15) is 0 Å². The number of amides is 1. The predicted octanol–water partition coefficient (Wildman–Crippen LogP) is 3.69. The van der Waals surface area contributed by atoms with Gasteiger partial charge >= 0.3 is 0 Å². The number of carbonyl (C=O) groups is 1. The standard InChI is InChI=1S/C24H25ClN4O3S/c25-18-3-4-21-17(13-18)14-19(28(21)11-1-9-27-10-2-12-33(27,31)32)16-29-22-15-26-8-5-20(22)24(6-7-24)23(29)30/h3-5,8,13-15H,1-2,6-7,9-12,16H2. The number of hydrogen-bond donors (Lipinski definition) is 0. The van der Waals surface area contributed by atoms with Crippen molar-refractivity contribution in [2.24, 2.45) is 0 Å². The second kappa shape index (κ2) is 7.55. The Kier molecular flexibility index (Phi) is 4.83. The predicted molar refractivity (Wildman–Crippen MR) is 128 cm³/mol. The van der Waals surface area contributed by atoms with Crippen molar-refractivity contribution in [3.05, 3.63) is 59.0 Å². The van der Waals surface area contributed by atoms with Gasteiger partial charge in [-0.1, -0.05) is 11.6 Å². The highest BCUT2D eigenvalue weighted by molar-refractivity contribution is 7.89. The van der Waals surface area contributed by atoms with E-state index in [0.29, 0.717) is 44.0 Å². The smallest absolute Gasteiger partial charge is 0.238 e. The number of sulfonamides is 1. The summed E-state index contributed by atoms with van der Waals surface area (Å²) in [6.07, 6.45) is 6.74. The van der Waals surface area contributed by atoms with Crippen molar-refractivity contribution in [1.29, 1.82) is 0 Å². The molecule has 2 aromatic heterocycles. The Morgan fingerprint density at radius 2 is 1.97 bits per heavy atom. The lowest BCUT2D eigenvalue weighted by molar-refractivity contribution is -0.120. The molecular formula is C24H25ClN4O3S. The molecule has 0 bridgehead atoms. The highest BCUT2D eigenvalue weighted by Crippen LogP contribution is 2.57. The number of pyridine rings is 1. The number of aryl methyl sites for hydroxylation is 1. The first-order chi connectivity index (χ1) is 15.9. The van der Waals surface area contributed by atoms with Crippen molar-refractivity contribution in [2.75, 3.05) is 23.7 Å². The van der Waals surface area contributed by atoms with Crippen molar-refractivity contribution < 1.29 is 13.2 Å². The summed E-state index contributed by atoms with van der Waals surface area (Å²) < 4.78 is 28.1. The molecule has 33 heavy (non-hydrogen) atoms. The van der Waals surface area contributed by atoms with E-state index >= 15 is 0 Å². The summed E-state index contributed by atoms with van der Waals surface area (Å²) in [5.74, 6) is 0.402. The first kappa shape index (κ1) is 21.1. The normalized spacial score (nSPS) is 20.8. The highest BCUT2D eigenvalue weighted by atomic mass is 35.5. The van der Waals surface area contributed by atoms with Gasteiger partial charge in [0.1, 0.15) is 0 Å². The molecule has 172 valence electrons. The quantitative estimate of drug-likeness (QED) is 0.534. The van der Waals surface area contributed by atoms with Gasteiger partial charge in [0, 0.05) is 47.5 Å². The van der Waals surface area contributed by atoms with Crippen molar-refractivity contribution in [2.45, 2.75) is 44.2 Å². The Balaban J connectivity index is 1.31. The van der Waals surface area contributed by atoms with Crippen molar-refractivity contribution in [1.82, 2.24) is 13.9 Å². The summed E-state index contributed by atoms with van der Waals surface area (Å²) in [6, 6.07) is 9.87. The molecule has 3 aromatic rings.